The molecule has 2 aliphatic rings. The van der Waals surface area contributed by atoms with Gasteiger partial charge in [0, 0.05) is 26.2 Å². The van der Waals surface area contributed by atoms with Crippen molar-refractivity contribution in [3.05, 3.63) is 99.5 Å². The van der Waals surface area contributed by atoms with Crippen LogP contribution in [0.3, 0.4) is 0 Å². The van der Waals surface area contributed by atoms with Crippen molar-refractivity contribution >= 4 is 38.5 Å². The lowest BCUT2D eigenvalue weighted by Gasteiger charge is -2.19. The largest absolute Gasteiger partial charge is 0.454 e. The zero-order valence-corrected chi connectivity index (χ0v) is 23.3. The number of benzene rings is 3. The van der Waals surface area contributed by atoms with E-state index in [-0.39, 0.29) is 29.4 Å². The first kappa shape index (κ1) is 27.2. The Balaban J connectivity index is 1.32. The Labute approximate surface area is 238 Å². The zero-order chi connectivity index (χ0) is 27.9. The molecule has 1 aliphatic carbocycles. The van der Waals surface area contributed by atoms with Gasteiger partial charge in [0.1, 0.15) is 6.07 Å². The SMILES string of the molecule is CC1(C)C(C=C(Cl)c2ccc3c(c2)OCO3)C1C(=O)OC(C#N)c1cccc(C(F)(F)c2ccc(Br)cc2)c1. The Morgan fingerprint density at radius 3 is 2.56 bits per heavy atom. The van der Waals surface area contributed by atoms with E-state index >= 15 is 8.78 Å². The second-order valence-corrected chi connectivity index (χ2v) is 11.4. The van der Waals surface area contributed by atoms with E-state index in [9.17, 15) is 10.1 Å². The molecule has 5 rings (SSSR count). The maximum Gasteiger partial charge on any atom is 0.311 e. The lowest BCUT2D eigenvalue weighted by Crippen LogP contribution is -2.17. The van der Waals surface area contributed by atoms with Gasteiger partial charge in [0.15, 0.2) is 11.5 Å². The normalized spacial score (nSPS) is 20.2. The quantitative estimate of drug-likeness (QED) is 0.253. The van der Waals surface area contributed by atoms with Gasteiger partial charge in [-0.1, -0.05) is 77.8 Å². The number of allylic oxidation sites excluding steroid dienone is 1. The molecule has 0 amide bonds. The number of ether oxygens (including phenoxy) is 3. The number of carbonyl (C=O) groups is 1. The number of alkyl halides is 2. The molecule has 3 unspecified atom stereocenters. The summed E-state index contributed by atoms with van der Waals surface area (Å²) in [7, 11) is 0. The number of nitriles is 1. The van der Waals surface area contributed by atoms with E-state index in [1.165, 1.54) is 48.5 Å². The summed E-state index contributed by atoms with van der Waals surface area (Å²) in [5.74, 6) is -3.46. The molecule has 39 heavy (non-hydrogen) atoms. The topological polar surface area (TPSA) is 68.6 Å². The van der Waals surface area contributed by atoms with Crippen LogP contribution in [-0.4, -0.2) is 12.8 Å². The molecule has 0 radical (unpaired) electrons. The van der Waals surface area contributed by atoms with Crippen LogP contribution in [0.15, 0.2) is 77.3 Å². The van der Waals surface area contributed by atoms with Gasteiger partial charge in [0.25, 0.3) is 5.92 Å². The summed E-state index contributed by atoms with van der Waals surface area (Å²) in [5, 5.41) is 10.2. The summed E-state index contributed by atoms with van der Waals surface area (Å²) in [6.07, 6.45) is 0.453. The van der Waals surface area contributed by atoms with Crippen LogP contribution in [0.2, 0.25) is 0 Å². The molecule has 1 aliphatic heterocycles. The van der Waals surface area contributed by atoms with Gasteiger partial charge in [-0.05, 0) is 53.3 Å². The van der Waals surface area contributed by atoms with E-state index in [1.54, 1.807) is 24.3 Å². The molecule has 0 N–H and O–H groups in total. The molecule has 3 aromatic carbocycles. The van der Waals surface area contributed by atoms with Crippen LogP contribution in [0.1, 0.15) is 42.2 Å². The van der Waals surface area contributed by atoms with Gasteiger partial charge in [-0.25, -0.2) is 0 Å². The van der Waals surface area contributed by atoms with Gasteiger partial charge >= 0.3 is 5.97 Å². The van der Waals surface area contributed by atoms with E-state index in [4.69, 9.17) is 25.8 Å². The van der Waals surface area contributed by atoms with Gasteiger partial charge in [0.2, 0.25) is 12.9 Å². The van der Waals surface area contributed by atoms with Crippen LogP contribution in [0.4, 0.5) is 8.78 Å². The Hall–Kier alpha value is -3.41. The first-order chi connectivity index (χ1) is 18.5. The van der Waals surface area contributed by atoms with E-state index < -0.39 is 29.3 Å². The molecule has 3 atom stereocenters. The van der Waals surface area contributed by atoms with Gasteiger partial charge in [0.05, 0.1) is 5.92 Å². The fraction of sp³-hybridized carbons (Fsp3) is 0.267. The third-order valence-electron chi connectivity index (χ3n) is 7.25. The monoisotopic (exact) mass is 613 g/mol. The van der Waals surface area contributed by atoms with E-state index in [1.807, 2.05) is 19.9 Å². The minimum Gasteiger partial charge on any atom is -0.454 e. The summed E-state index contributed by atoms with van der Waals surface area (Å²) in [5.41, 5.74) is -0.0775. The molecule has 5 nitrogen and oxygen atoms in total. The molecular formula is C30H23BrClF2NO4. The molecule has 1 fully saturated rings. The number of hydrogen-bond donors (Lipinski definition) is 0. The Morgan fingerprint density at radius 2 is 1.85 bits per heavy atom. The van der Waals surface area contributed by atoms with Crippen molar-refractivity contribution in [1.29, 1.82) is 5.26 Å². The molecule has 9 heteroatoms. The van der Waals surface area contributed by atoms with Crippen LogP contribution in [0.25, 0.3) is 5.03 Å². The summed E-state index contributed by atoms with van der Waals surface area (Å²) < 4.78 is 47.4. The van der Waals surface area contributed by atoms with Gasteiger partial charge in [-0.2, -0.15) is 14.0 Å². The predicted molar refractivity (Wildman–Crippen MR) is 145 cm³/mol. The second-order valence-electron chi connectivity index (χ2n) is 10.1. The van der Waals surface area contributed by atoms with Crippen molar-refractivity contribution in [1.82, 2.24) is 0 Å². The number of hydrogen-bond acceptors (Lipinski definition) is 5. The highest BCUT2D eigenvalue weighted by Crippen LogP contribution is 2.60. The highest BCUT2D eigenvalue weighted by molar-refractivity contribution is 9.10. The van der Waals surface area contributed by atoms with Crippen molar-refractivity contribution in [3.8, 4) is 17.6 Å². The zero-order valence-electron chi connectivity index (χ0n) is 21.0. The number of esters is 1. The smallest absolute Gasteiger partial charge is 0.311 e. The van der Waals surface area contributed by atoms with Crippen LogP contribution < -0.4 is 9.47 Å². The van der Waals surface area contributed by atoms with E-state index in [2.05, 4.69) is 15.9 Å². The van der Waals surface area contributed by atoms with E-state index in [0.29, 0.717) is 26.6 Å². The van der Waals surface area contributed by atoms with Crippen LogP contribution in [0.5, 0.6) is 11.5 Å². The van der Waals surface area contributed by atoms with Crippen molar-refractivity contribution in [3.63, 3.8) is 0 Å². The van der Waals surface area contributed by atoms with E-state index in [0.717, 1.165) is 0 Å². The number of rotatable bonds is 7. The third kappa shape index (κ3) is 5.26. The van der Waals surface area contributed by atoms with Crippen molar-refractivity contribution < 1.29 is 27.8 Å². The Morgan fingerprint density at radius 1 is 1.13 bits per heavy atom. The first-order valence-corrected chi connectivity index (χ1v) is 13.3. The number of carbonyl (C=O) groups excluding carboxylic acids is 1. The Kier molecular flexibility index (Phi) is 7.17. The molecule has 1 heterocycles. The molecule has 3 aromatic rings. The van der Waals surface area contributed by atoms with Crippen molar-refractivity contribution in [2.24, 2.45) is 17.3 Å². The predicted octanol–water partition coefficient (Wildman–Crippen LogP) is 7.98. The van der Waals surface area contributed by atoms with Crippen molar-refractivity contribution in [2.75, 3.05) is 6.79 Å². The maximum atomic E-state index is 15.2. The third-order valence-corrected chi connectivity index (χ3v) is 8.12. The van der Waals surface area contributed by atoms with Gasteiger partial charge in [-0.3, -0.25) is 4.79 Å². The fourth-order valence-corrected chi connectivity index (χ4v) is 5.34. The molecule has 1 saturated carbocycles. The lowest BCUT2D eigenvalue weighted by molar-refractivity contribution is -0.149. The highest BCUT2D eigenvalue weighted by atomic mass is 79.9. The summed E-state index contributed by atoms with van der Waals surface area (Å²) in [4.78, 5) is 13.1. The summed E-state index contributed by atoms with van der Waals surface area (Å²) in [6, 6.07) is 18.4. The molecule has 0 saturated heterocycles. The first-order valence-electron chi connectivity index (χ1n) is 12.1. The molecule has 0 spiro atoms. The number of nitrogens with zero attached hydrogens (tertiary/aromatic N) is 1. The number of halogens is 4. The van der Waals surface area contributed by atoms with Crippen LogP contribution in [0, 0.1) is 28.6 Å². The summed E-state index contributed by atoms with van der Waals surface area (Å²) in [6.45, 7) is 3.96. The minimum absolute atomic E-state index is 0.147. The van der Waals surface area contributed by atoms with Gasteiger partial charge in [-0.15, -0.1) is 0 Å². The van der Waals surface area contributed by atoms with Crippen LogP contribution >= 0.6 is 27.5 Å². The minimum atomic E-state index is -3.30. The molecule has 200 valence electrons. The fourth-order valence-electron chi connectivity index (χ4n) is 4.82. The average molecular weight is 615 g/mol. The van der Waals surface area contributed by atoms with Crippen LogP contribution in [-0.2, 0) is 15.5 Å². The summed E-state index contributed by atoms with van der Waals surface area (Å²) >= 11 is 9.82. The molecular weight excluding hydrogens is 592 g/mol. The second kappa shape index (κ2) is 10.3. The number of fused-ring (bicyclic) bond motifs is 1. The maximum absolute atomic E-state index is 15.2. The Bertz CT molecular complexity index is 1500. The lowest BCUT2D eigenvalue weighted by atomic mass is 9.97. The molecule has 0 aromatic heterocycles. The molecule has 0 bridgehead atoms. The highest BCUT2D eigenvalue weighted by Gasteiger charge is 2.62. The average Bonchev–Trinajstić information content (AvgIpc) is 3.23. The van der Waals surface area contributed by atoms with Crippen molar-refractivity contribution in [2.45, 2.75) is 25.9 Å². The van der Waals surface area contributed by atoms with Gasteiger partial charge < -0.3 is 14.2 Å². The standard InChI is InChI=1S/C30H23BrClF2NO4/c1-29(2)22(14-23(32)17-6-11-24-25(13-17)38-16-37-24)27(29)28(36)39-26(15-35)18-4-3-5-20(12-18)30(33,34)19-7-9-21(31)10-8-19/h3-14,22,26-27H,16H2,1-2H3.